The van der Waals surface area contributed by atoms with Crippen LogP contribution in [0.3, 0.4) is 0 Å². The quantitative estimate of drug-likeness (QED) is 0.841. The van der Waals surface area contributed by atoms with Gasteiger partial charge >= 0.3 is 0 Å². The molecule has 3 nitrogen and oxygen atoms in total. The second kappa shape index (κ2) is 4.75. The van der Waals surface area contributed by atoms with Gasteiger partial charge in [0, 0.05) is 44.1 Å². The largest absolute Gasteiger partial charge is 0.314 e. The Morgan fingerprint density at radius 3 is 2.76 bits per heavy atom. The molecule has 1 saturated heterocycles. The fraction of sp³-hybridized carbons (Fsp3) is 0.643. The van der Waals surface area contributed by atoms with Gasteiger partial charge in [0.05, 0.1) is 0 Å². The van der Waals surface area contributed by atoms with Gasteiger partial charge in [0.1, 0.15) is 0 Å². The van der Waals surface area contributed by atoms with Gasteiger partial charge in [-0.25, -0.2) is 0 Å². The Labute approximate surface area is 103 Å². The fourth-order valence-electron chi connectivity index (χ4n) is 3.37. The second-order valence-corrected chi connectivity index (χ2v) is 5.39. The first-order valence-electron chi connectivity index (χ1n) is 6.74. The van der Waals surface area contributed by atoms with Crippen molar-refractivity contribution in [3.8, 4) is 0 Å². The number of pyridine rings is 1. The van der Waals surface area contributed by atoms with Gasteiger partial charge in [-0.2, -0.15) is 0 Å². The van der Waals surface area contributed by atoms with Gasteiger partial charge < -0.3 is 5.32 Å². The Hall–Kier alpha value is -0.930. The molecule has 92 valence electrons. The molecule has 1 saturated carbocycles. The summed E-state index contributed by atoms with van der Waals surface area (Å²) in [5.41, 5.74) is 1.84. The molecule has 1 aromatic rings. The number of hydrogen-bond acceptors (Lipinski definition) is 3. The van der Waals surface area contributed by atoms with Gasteiger partial charge in [-0.3, -0.25) is 9.88 Å². The number of piperazine rings is 1. The zero-order valence-electron chi connectivity index (χ0n) is 10.4. The van der Waals surface area contributed by atoms with Crippen molar-refractivity contribution in [2.24, 2.45) is 0 Å². The number of aromatic nitrogens is 1. The summed E-state index contributed by atoms with van der Waals surface area (Å²) in [4.78, 5) is 6.80. The van der Waals surface area contributed by atoms with Gasteiger partial charge in [0.25, 0.3) is 0 Å². The highest BCUT2D eigenvalue weighted by atomic mass is 15.3. The Morgan fingerprint density at radius 1 is 1.24 bits per heavy atom. The van der Waals surface area contributed by atoms with Crippen molar-refractivity contribution in [1.82, 2.24) is 15.2 Å². The molecule has 2 heterocycles. The lowest BCUT2D eigenvalue weighted by molar-refractivity contribution is 0.0572. The van der Waals surface area contributed by atoms with Crippen molar-refractivity contribution >= 4 is 0 Å². The number of rotatable bonds is 2. The highest BCUT2D eigenvalue weighted by Crippen LogP contribution is 2.36. The lowest BCUT2D eigenvalue weighted by Crippen LogP contribution is -2.59. The Bertz CT molecular complexity index is 357. The lowest BCUT2D eigenvalue weighted by atomic mass is 9.92. The van der Waals surface area contributed by atoms with Gasteiger partial charge in [-0.1, -0.05) is 12.8 Å². The smallest absolute Gasteiger partial charge is 0.0338 e. The van der Waals surface area contributed by atoms with E-state index in [4.69, 9.17) is 0 Å². The lowest BCUT2D eigenvalue weighted by Gasteiger charge is -2.45. The third-order valence-electron chi connectivity index (χ3n) is 4.34. The van der Waals surface area contributed by atoms with E-state index in [1.54, 1.807) is 0 Å². The molecule has 2 fully saturated rings. The average Bonchev–Trinajstić information content (AvgIpc) is 2.83. The van der Waals surface area contributed by atoms with Crippen molar-refractivity contribution < 1.29 is 0 Å². The summed E-state index contributed by atoms with van der Waals surface area (Å²) in [6.07, 6.45) is 9.33. The van der Waals surface area contributed by atoms with Crippen LogP contribution in [-0.2, 0) is 6.54 Å². The van der Waals surface area contributed by atoms with E-state index in [1.807, 2.05) is 12.4 Å². The number of hydrogen-bond donors (Lipinski definition) is 1. The SMILES string of the molecule is c1cc(CN2CCNCC23CCCC3)ccn1. The summed E-state index contributed by atoms with van der Waals surface area (Å²) in [6.45, 7) is 4.58. The third kappa shape index (κ3) is 2.22. The van der Waals surface area contributed by atoms with Gasteiger partial charge in [0.2, 0.25) is 0 Å². The molecule has 0 unspecified atom stereocenters. The van der Waals surface area contributed by atoms with E-state index in [-0.39, 0.29) is 0 Å². The summed E-state index contributed by atoms with van der Waals surface area (Å²) < 4.78 is 0. The van der Waals surface area contributed by atoms with E-state index in [0.717, 1.165) is 13.1 Å². The van der Waals surface area contributed by atoms with Crippen molar-refractivity contribution in [3.63, 3.8) is 0 Å². The molecule has 1 spiro atoms. The maximum atomic E-state index is 4.10. The summed E-state index contributed by atoms with van der Waals surface area (Å²) in [5, 5.41) is 3.58. The molecule has 2 aliphatic rings. The summed E-state index contributed by atoms with van der Waals surface area (Å²) >= 11 is 0. The maximum absolute atomic E-state index is 4.10. The first-order chi connectivity index (χ1) is 8.39. The van der Waals surface area contributed by atoms with Crippen LogP contribution in [0.15, 0.2) is 24.5 Å². The van der Waals surface area contributed by atoms with Crippen LogP contribution in [0.2, 0.25) is 0 Å². The van der Waals surface area contributed by atoms with Crippen LogP contribution in [0.5, 0.6) is 0 Å². The predicted molar refractivity (Wildman–Crippen MR) is 68.7 cm³/mol. The minimum absolute atomic E-state index is 0.446. The van der Waals surface area contributed by atoms with E-state index >= 15 is 0 Å². The summed E-state index contributed by atoms with van der Waals surface area (Å²) in [7, 11) is 0. The molecular formula is C14H21N3. The highest BCUT2D eigenvalue weighted by Gasteiger charge is 2.40. The molecule has 1 aliphatic carbocycles. The maximum Gasteiger partial charge on any atom is 0.0338 e. The van der Waals surface area contributed by atoms with Crippen molar-refractivity contribution in [2.75, 3.05) is 19.6 Å². The minimum Gasteiger partial charge on any atom is -0.314 e. The van der Waals surface area contributed by atoms with E-state index in [2.05, 4.69) is 27.3 Å². The zero-order valence-corrected chi connectivity index (χ0v) is 10.4. The Morgan fingerprint density at radius 2 is 2.00 bits per heavy atom. The monoisotopic (exact) mass is 231 g/mol. The number of nitrogens with zero attached hydrogens (tertiary/aromatic N) is 2. The van der Waals surface area contributed by atoms with Crippen LogP contribution in [0.25, 0.3) is 0 Å². The molecule has 17 heavy (non-hydrogen) atoms. The standard InChI is InChI=1S/C14H21N3/c1-2-6-14(5-1)12-16-9-10-17(14)11-13-3-7-15-8-4-13/h3-4,7-8,16H,1-2,5-6,9-12H2. The van der Waals surface area contributed by atoms with E-state index < -0.39 is 0 Å². The molecule has 3 heteroatoms. The van der Waals surface area contributed by atoms with Crippen LogP contribution >= 0.6 is 0 Å². The normalized spacial score (nSPS) is 24.2. The van der Waals surface area contributed by atoms with E-state index in [1.165, 1.54) is 44.3 Å². The molecule has 0 radical (unpaired) electrons. The third-order valence-corrected chi connectivity index (χ3v) is 4.34. The molecule has 0 amide bonds. The highest BCUT2D eigenvalue weighted by molar-refractivity contribution is 5.11. The molecule has 1 N–H and O–H groups in total. The van der Waals surface area contributed by atoms with Crippen molar-refractivity contribution in [1.29, 1.82) is 0 Å². The van der Waals surface area contributed by atoms with Gasteiger partial charge in [0.15, 0.2) is 0 Å². The average molecular weight is 231 g/mol. The summed E-state index contributed by atoms with van der Waals surface area (Å²) in [6, 6.07) is 4.29. The summed E-state index contributed by atoms with van der Waals surface area (Å²) in [5.74, 6) is 0. The van der Waals surface area contributed by atoms with Crippen molar-refractivity contribution in [3.05, 3.63) is 30.1 Å². The van der Waals surface area contributed by atoms with Crippen LogP contribution in [0.4, 0.5) is 0 Å². The number of nitrogens with one attached hydrogen (secondary N) is 1. The van der Waals surface area contributed by atoms with Crippen LogP contribution in [0, 0.1) is 0 Å². The van der Waals surface area contributed by atoms with Crippen LogP contribution < -0.4 is 5.32 Å². The predicted octanol–water partition coefficient (Wildman–Crippen LogP) is 1.80. The topological polar surface area (TPSA) is 28.2 Å². The van der Waals surface area contributed by atoms with Crippen molar-refractivity contribution in [2.45, 2.75) is 37.8 Å². The van der Waals surface area contributed by atoms with E-state index in [9.17, 15) is 0 Å². The second-order valence-electron chi connectivity index (χ2n) is 5.39. The molecule has 1 aromatic heterocycles. The molecule has 3 rings (SSSR count). The first-order valence-corrected chi connectivity index (χ1v) is 6.74. The molecule has 0 atom stereocenters. The first kappa shape index (κ1) is 11.2. The molecule has 0 aromatic carbocycles. The van der Waals surface area contributed by atoms with E-state index in [0.29, 0.717) is 5.54 Å². The molecule has 0 bridgehead atoms. The molecular weight excluding hydrogens is 210 g/mol. The Kier molecular flexibility index (Phi) is 3.12. The minimum atomic E-state index is 0.446. The fourth-order valence-corrected chi connectivity index (χ4v) is 3.37. The molecule has 1 aliphatic heterocycles. The van der Waals surface area contributed by atoms with Gasteiger partial charge in [-0.05, 0) is 30.5 Å². The van der Waals surface area contributed by atoms with Crippen LogP contribution in [0.1, 0.15) is 31.2 Å². The van der Waals surface area contributed by atoms with Gasteiger partial charge in [-0.15, -0.1) is 0 Å². The van der Waals surface area contributed by atoms with Crippen LogP contribution in [-0.4, -0.2) is 35.1 Å². The zero-order chi connectivity index (χ0) is 11.6. The Balaban J connectivity index is 1.76.